The van der Waals surface area contributed by atoms with Crippen molar-refractivity contribution in [2.75, 3.05) is 11.1 Å². The summed E-state index contributed by atoms with van der Waals surface area (Å²) in [5, 5.41) is 7.12. The summed E-state index contributed by atoms with van der Waals surface area (Å²) in [5.74, 6) is 0.640. The van der Waals surface area contributed by atoms with E-state index in [1.807, 2.05) is 14.0 Å². The van der Waals surface area contributed by atoms with Gasteiger partial charge in [0.05, 0.1) is 18.3 Å². The molecule has 0 aliphatic carbocycles. The maximum atomic E-state index is 11.6. The summed E-state index contributed by atoms with van der Waals surface area (Å²) in [4.78, 5) is 11.6. The molecule has 1 aliphatic rings. The smallest absolute Gasteiger partial charge is 0.228 e. The van der Waals surface area contributed by atoms with Crippen molar-refractivity contribution in [3.8, 4) is 11.1 Å². The largest absolute Gasteiger partial charge is 0.383 e. The molecule has 5 nitrogen and oxygen atoms in total. The predicted molar refractivity (Wildman–Crippen MR) is 74.9 cm³/mol. The Morgan fingerprint density at radius 3 is 2.79 bits per heavy atom. The average molecular weight is 256 g/mol. The molecule has 0 bridgehead atoms. The zero-order valence-corrected chi connectivity index (χ0v) is 11.2. The third-order valence-corrected chi connectivity index (χ3v) is 3.80. The molecule has 2 heterocycles. The minimum absolute atomic E-state index is 0.0312. The second-order valence-electron chi connectivity index (χ2n) is 5.02. The lowest BCUT2D eigenvalue weighted by Crippen LogP contribution is -2.05. The second-order valence-corrected chi connectivity index (χ2v) is 5.02. The molecule has 2 aromatic rings. The average Bonchev–Trinajstić information content (AvgIpc) is 2.86. The van der Waals surface area contributed by atoms with E-state index < -0.39 is 0 Å². The molecule has 0 radical (unpaired) electrons. The molecule has 0 fully saturated rings. The highest BCUT2D eigenvalue weighted by Gasteiger charge is 2.25. The number of aryl methyl sites for hydroxylation is 2. The van der Waals surface area contributed by atoms with Gasteiger partial charge in [0.15, 0.2) is 0 Å². The topological polar surface area (TPSA) is 72.9 Å². The van der Waals surface area contributed by atoms with Gasteiger partial charge in [-0.25, -0.2) is 0 Å². The number of carbonyl (C=O) groups excluding carboxylic acids is 1. The summed E-state index contributed by atoms with van der Waals surface area (Å²) in [6.07, 6.45) is 2.19. The van der Waals surface area contributed by atoms with Crippen molar-refractivity contribution >= 4 is 17.4 Å². The maximum Gasteiger partial charge on any atom is 0.228 e. The quantitative estimate of drug-likeness (QED) is 0.816. The molecule has 19 heavy (non-hydrogen) atoms. The number of carbonyl (C=O) groups is 1. The molecule has 3 N–H and O–H groups in total. The molecule has 5 heteroatoms. The van der Waals surface area contributed by atoms with Crippen LogP contribution < -0.4 is 11.1 Å². The van der Waals surface area contributed by atoms with Gasteiger partial charge in [-0.2, -0.15) is 5.10 Å². The number of nitrogen functional groups attached to an aromatic ring is 1. The van der Waals surface area contributed by atoms with Crippen molar-refractivity contribution in [2.45, 2.75) is 20.3 Å². The number of hydrogen-bond donors (Lipinski definition) is 2. The fourth-order valence-electron chi connectivity index (χ4n) is 2.60. The van der Waals surface area contributed by atoms with E-state index in [2.05, 4.69) is 23.4 Å². The lowest BCUT2D eigenvalue weighted by Gasteiger charge is -2.14. The molecule has 0 unspecified atom stereocenters. The van der Waals surface area contributed by atoms with Crippen LogP contribution in [0.1, 0.15) is 16.7 Å². The number of hydrogen-bond acceptors (Lipinski definition) is 3. The lowest BCUT2D eigenvalue weighted by atomic mass is 9.93. The van der Waals surface area contributed by atoms with Crippen molar-refractivity contribution in [3.63, 3.8) is 0 Å². The number of aromatic nitrogens is 2. The molecule has 1 aromatic heterocycles. The first-order chi connectivity index (χ1) is 8.99. The number of rotatable bonds is 1. The molecule has 0 saturated heterocycles. The van der Waals surface area contributed by atoms with Gasteiger partial charge in [-0.15, -0.1) is 0 Å². The fourth-order valence-corrected chi connectivity index (χ4v) is 2.60. The summed E-state index contributed by atoms with van der Waals surface area (Å²) in [7, 11) is 1.81. The standard InChI is InChI=1S/C14H16N4O/c1-7-4-9-5-11(19)17-13(9)12(8(7)2)10-6-16-18(3)14(10)15/h4,6H,5,15H2,1-3H3,(H,17,19). The first-order valence-electron chi connectivity index (χ1n) is 6.19. The fraction of sp³-hybridized carbons (Fsp3) is 0.286. The summed E-state index contributed by atoms with van der Waals surface area (Å²) in [6.45, 7) is 4.09. The maximum absolute atomic E-state index is 11.6. The van der Waals surface area contributed by atoms with E-state index in [1.54, 1.807) is 10.9 Å². The molecule has 0 atom stereocenters. The first kappa shape index (κ1) is 11.8. The third-order valence-electron chi connectivity index (χ3n) is 3.80. The van der Waals surface area contributed by atoms with E-state index in [1.165, 1.54) is 0 Å². The van der Waals surface area contributed by atoms with Gasteiger partial charge in [0, 0.05) is 18.2 Å². The monoisotopic (exact) mass is 256 g/mol. The van der Waals surface area contributed by atoms with E-state index in [4.69, 9.17) is 5.73 Å². The van der Waals surface area contributed by atoms with Gasteiger partial charge in [0.1, 0.15) is 5.82 Å². The van der Waals surface area contributed by atoms with E-state index in [0.29, 0.717) is 12.2 Å². The van der Waals surface area contributed by atoms with Crippen molar-refractivity contribution in [2.24, 2.45) is 7.05 Å². The molecule has 1 aliphatic heterocycles. The highest BCUT2D eigenvalue weighted by molar-refractivity contribution is 6.05. The van der Waals surface area contributed by atoms with Crippen LogP contribution in [-0.4, -0.2) is 15.7 Å². The van der Waals surface area contributed by atoms with Crippen LogP contribution in [0.4, 0.5) is 11.5 Å². The number of nitrogens with zero attached hydrogens (tertiary/aromatic N) is 2. The van der Waals surface area contributed by atoms with Crippen molar-refractivity contribution in [1.82, 2.24) is 9.78 Å². The normalized spacial score (nSPS) is 13.5. The minimum Gasteiger partial charge on any atom is -0.383 e. The number of nitrogens with two attached hydrogens (primary N) is 1. The van der Waals surface area contributed by atoms with Crippen LogP contribution in [0, 0.1) is 13.8 Å². The van der Waals surface area contributed by atoms with E-state index in [9.17, 15) is 4.79 Å². The number of nitrogens with one attached hydrogen (secondary N) is 1. The molecular weight excluding hydrogens is 240 g/mol. The van der Waals surface area contributed by atoms with Gasteiger partial charge in [0.25, 0.3) is 0 Å². The van der Waals surface area contributed by atoms with Crippen molar-refractivity contribution in [3.05, 3.63) is 29.0 Å². The van der Waals surface area contributed by atoms with Crippen LogP contribution in [0.15, 0.2) is 12.3 Å². The Labute approximate surface area is 111 Å². The lowest BCUT2D eigenvalue weighted by molar-refractivity contribution is -0.115. The van der Waals surface area contributed by atoms with Gasteiger partial charge < -0.3 is 11.1 Å². The van der Waals surface area contributed by atoms with Crippen LogP contribution in [-0.2, 0) is 18.3 Å². The molecule has 3 rings (SSSR count). The van der Waals surface area contributed by atoms with Gasteiger partial charge in [-0.3, -0.25) is 9.48 Å². The van der Waals surface area contributed by atoms with Gasteiger partial charge >= 0.3 is 0 Å². The predicted octanol–water partition coefficient (Wildman–Crippen LogP) is 1.78. The van der Waals surface area contributed by atoms with Gasteiger partial charge in [-0.1, -0.05) is 6.07 Å². The molecule has 0 saturated carbocycles. The number of fused-ring (bicyclic) bond motifs is 1. The number of amides is 1. The zero-order valence-electron chi connectivity index (χ0n) is 11.2. The van der Waals surface area contributed by atoms with Crippen LogP contribution >= 0.6 is 0 Å². The Morgan fingerprint density at radius 2 is 2.16 bits per heavy atom. The Balaban J connectivity index is 2.32. The minimum atomic E-state index is 0.0312. The Kier molecular flexibility index (Phi) is 2.38. The first-order valence-corrected chi connectivity index (χ1v) is 6.19. The summed E-state index contributed by atoms with van der Waals surface area (Å²) in [6, 6.07) is 2.07. The van der Waals surface area contributed by atoms with Crippen LogP contribution in [0.3, 0.4) is 0 Å². The zero-order chi connectivity index (χ0) is 13.7. The third kappa shape index (κ3) is 1.62. The molecule has 1 aromatic carbocycles. The molecular formula is C14H16N4O. The second kappa shape index (κ2) is 3.85. The van der Waals surface area contributed by atoms with Crippen LogP contribution in [0.5, 0.6) is 0 Å². The molecule has 98 valence electrons. The Bertz CT molecular complexity index is 700. The highest BCUT2D eigenvalue weighted by Crippen LogP contribution is 2.41. The summed E-state index contributed by atoms with van der Waals surface area (Å²) >= 11 is 0. The number of benzene rings is 1. The van der Waals surface area contributed by atoms with Crippen LogP contribution in [0.25, 0.3) is 11.1 Å². The van der Waals surface area contributed by atoms with E-state index >= 15 is 0 Å². The molecule has 1 amide bonds. The SMILES string of the molecule is Cc1cc2c(c(-c3cnn(C)c3N)c1C)NC(=O)C2. The van der Waals surface area contributed by atoms with Gasteiger partial charge in [-0.05, 0) is 30.5 Å². The number of anilines is 2. The van der Waals surface area contributed by atoms with E-state index in [-0.39, 0.29) is 5.91 Å². The Morgan fingerprint density at radius 1 is 1.42 bits per heavy atom. The summed E-state index contributed by atoms with van der Waals surface area (Å²) in [5.41, 5.74) is 12.1. The van der Waals surface area contributed by atoms with Crippen molar-refractivity contribution < 1.29 is 4.79 Å². The van der Waals surface area contributed by atoms with Crippen molar-refractivity contribution in [1.29, 1.82) is 0 Å². The van der Waals surface area contributed by atoms with Crippen LogP contribution in [0.2, 0.25) is 0 Å². The molecule has 0 spiro atoms. The van der Waals surface area contributed by atoms with E-state index in [0.717, 1.165) is 33.5 Å². The summed E-state index contributed by atoms with van der Waals surface area (Å²) < 4.78 is 1.64. The highest BCUT2D eigenvalue weighted by atomic mass is 16.1. The Hall–Kier alpha value is -2.30. The van der Waals surface area contributed by atoms with Gasteiger partial charge in [0.2, 0.25) is 5.91 Å².